The third kappa shape index (κ3) is 4.18. The number of anilines is 2. The Labute approximate surface area is 196 Å². The van der Waals surface area contributed by atoms with Gasteiger partial charge < -0.3 is 25.0 Å². The number of aliphatic hydroxyl groups excluding tert-OH is 1. The number of aromatic carboxylic acids is 1. The summed E-state index contributed by atoms with van der Waals surface area (Å²) >= 11 is 3.47. The first-order valence-electron chi connectivity index (χ1n) is 9.99. The quantitative estimate of drug-likeness (QED) is 0.366. The van der Waals surface area contributed by atoms with E-state index in [-0.39, 0.29) is 30.5 Å². The molecule has 0 saturated heterocycles. The predicted octanol–water partition coefficient (Wildman–Crippen LogP) is 4.03. The van der Waals surface area contributed by atoms with Gasteiger partial charge in [-0.2, -0.15) is 4.98 Å². The van der Waals surface area contributed by atoms with E-state index in [0.29, 0.717) is 33.7 Å². The highest BCUT2D eigenvalue weighted by molar-refractivity contribution is 9.10. The van der Waals surface area contributed by atoms with Crippen LogP contribution in [0, 0.1) is 0 Å². The Morgan fingerprint density at radius 1 is 1.12 bits per heavy atom. The van der Waals surface area contributed by atoms with E-state index in [2.05, 4.69) is 36.2 Å². The third-order valence-electron chi connectivity index (χ3n) is 5.06. The van der Waals surface area contributed by atoms with Gasteiger partial charge in [-0.05, 0) is 29.8 Å². The zero-order valence-electron chi connectivity index (χ0n) is 17.0. The second kappa shape index (κ2) is 8.64. The van der Waals surface area contributed by atoms with Crippen LogP contribution in [0.2, 0.25) is 0 Å². The van der Waals surface area contributed by atoms with Gasteiger partial charge in [-0.3, -0.25) is 0 Å². The Hall–Kier alpha value is -3.76. The predicted molar refractivity (Wildman–Crippen MR) is 124 cm³/mol. The molecule has 0 amide bonds. The lowest BCUT2D eigenvalue weighted by atomic mass is 10.0. The molecule has 3 heterocycles. The maximum Gasteiger partial charge on any atom is 0.355 e. The van der Waals surface area contributed by atoms with E-state index in [1.165, 1.54) is 0 Å². The van der Waals surface area contributed by atoms with Crippen LogP contribution < -0.4 is 14.8 Å². The maximum absolute atomic E-state index is 11.9. The summed E-state index contributed by atoms with van der Waals surface area (Å²) in [5.41, 5.74) is 1.96. The lowest BCUT2D eigenvalue weighted by molar-refractivity contribution is 0.0457. The fourth-order valence-electron chi connectivity index (χ4n) is 3.48. The molecule has 2 aromatic carbocycles. The van der Waals surface area contributed by atoms with Crippen molar-refractivity contribution in [3.05, 3.63) is 64.9 Å². The first kappa shape index (κ1) is 21.1. The van der Waals surface area contributed by atoms with E-state index in [9.17, 15) is 15.0 Å². The standard InChI is InChI=1S/C23H17BrN4O5/c24-17-4-2-1-3-15(17)16-7-12-9-25-23(28-21(12)27-20(16)22(30)31)26-13-5-6-18-19(8-13)33-14(10-29)11-32-18/h1-9,14,29H,10-11H2,(H,30,31)(H,25,26,27,28). The molecule has 0 spiro atoms. The number of halogens is 1. The zero-order chi connectivity index (χ0) is 22.9. The van der Waals surface area contributed by atoms with Crippen molar-refractivity contribution in [3.63, 3.8) is 0 Å². The van der Waals surface area contributed by atoms with E-state index in [0.717, 1.165) is 4.47 Å². The lowest BCUT2D eigenvalue weighted by Crippen LogP contribution is -2.32. The molecule has 166 valence electrons. The normalized spacial score (nSPS) is 14.8. The van der Waals surface area contributed by atoms with Crippen molar-refractivity contribution >= 4 is 44.6 Å². The Balaban J connectivity index is 1.50. The number of carboxylic acid groups (broad SMARTS) is 1. The fourth-order valence-corrected chi connectivity index (χ4v) is 3.98. The number of carbonyl (C=O) groups is 1. The van der Waals surface area contributed by atoms with Gasteiger partial charge in [-0.1, -0.05) is 34.1 Å². The number of benzene rings is 2. The van der Waals surface area contributed by atoms with Crippen LogP contribution in [0.3, 0.4) is 0 Å². The molecule has 0 radical (unpaired) electrons. The monoisotopic (exact) mass is 508 g/mol. The topological polar surface area (TPSA) is 127 Å². The maximum atomic E-state index is 11.9. The van der Waals surface area contributed by atoms with Crippen molar-refractivity contribution in [2.45, 2.75) is 6.10 Å². The summed E-state index contributed by atoms with van der Waals surface area (Å²) in [6, 6.07) is 14.3. The minimum atomic E-state index is -1.15. The number of aliphatic hydroxyl groups is 1. The summed E-state index contributed by atoms with van der Waals surface area (Å²) in [7, 11) is 0. The van der Waals surface area contributed by atoms with Crippen molar-refractivity contribution in [1.82, 2.24) is 15.0 Å². The van der Waals surface area contributed by atoms with Gasteiger partial charge in [-0.25, -0.2) is 14.8 Å². The van der Waals surface area contributed by atoms with Crippen LogP contribution in [0.5, 0.6) is 11.5 Å². The van der Waals surface area contributed by atoms with Gasteiger partial charge in [0.25, 0.3) is 0 Å². The summed E-state index contributed by atoms with van der Waals surface area (Å²) in [5.74, 6) is 0.170. The summed E-state index contributed by atoms with van der Waals surface area (Å²) in [5, 5.41) is 22.7. The molecule has 0 fully saturated rings. The number of nitrogens with one attached hydrogen (secondary N) is 1. The Kier molecular flexibility index (Phi) is 5.53. The number of nitrogens with zero attached hydrogens (tertiary/aromatic N) is 3. The van der Waals surface area contributed by atoms with Crippen LogP contribution in [-0.4, -0.2) is 50.5 Å². The highest BCUT2D eigenvalue weighted by Gasteiger charge is 2.21. The van der Waals surface area contributed by atoms with Gasteiger partial charge in [0, 0.05) is 33.4 Å². The Bertz CT molecular complexity index is 1380. The zero-order valence-corrected chi connectivity index (χ0v) is 18.6. The molecular weight excluding hydrogens is 492 g/mol. The number of fused-ring (bicyclic) bond motifs is 2. The van der Waals surface area contributed by atoms with Crippen LogP contribution in [0.25, 0.3) is 22.2 Å². The number of pyridine rings is 1. The Morgan fingerprint density at radius 2 is 1.97 bits per heavy atom. The van der Waals surface area contributed by atoms with Crippen molar-refractivity contribution in [1.29, 1.82) is 0 Å². The van der Waals surface area contributed by atoms with Gasteiger partial charge in [0.2, 0.25) is 5.95 Å². The number of ether oxygens (including phenoxy) is 2. The molecule has 1 unspecified atom stereocenters. The van der Waals surface area contributed by atoms with E-state index >= 15 is 0 Å². The summed E-state index contributed by atoms with van der Waals surface area (Å²) in [4.78, 5) is 25.0. The van der Waals surface area contributed by atoms with E-state index < -0.39 is 12.1 Å². The first-order valence-corrected chi connectivity index (χ1v) is 10.8. The molecule has 0 saturated carbocycles. The highest BCUT2D eigenvalue weighted by atomic mass is 79.9. The molecule has 3 N–H and O–H groups in total. The van der Waals surface area contributed by atoms with Crippen LogP contribution in [0.4, 0.5) is 11.6 Å². The van der Waals surface area contributed by atoms with Crippen molar-refractivity contribution in [2.75, 3.05) is 18.5 Å². The molecule has 1 aliphatic heterocycles. The van der Waals surface area contributed by atoms with Crippen LogP contribution in [0.15, 0.2) is 59.2 Å². The molecule has 0 aliphatic carbocycles. The minimum Gasteiger partial charge on any atom is -0.486 e. The van der Waals surface area contributed by atoms with Gasteiger partial charge in [-0.15, -0.1) is 0 Å². The van der Waals surface area contributed by atoms with Gasteiger partial charge in [0.05, 0.1) is 6.61 Å². The van der Waals surface area contributed by atoms with E-state index in [4.69, 9.17) is 9.47 Å². The first-order chi connectivity index (χ1) is 16.0. The SMILES string of the molecule is O=C(O)c1nc2nc(Nc3ccc4c(c3)OC(CO)CO4)ncc2cc1-c1ccccc1Br. The average Bonchev–Trinajstić information content (AvgIpc) is 2.83. The molecule has 1 atom stereocenters. The van der Waals surface area contributed by atoms with E-state index in [1.807, 2.05) is 24.3 Å². The van der Waals surface area contributed by atoms with Gasteiger partial charge in [0.1, 0.15) is 6.61 Å². The third-order valence-corrected chi connectivity index (χ3v) is 5.75. The molecule has 2 aromatic heterocycles. The number of hydrogen-bond acceptors (Lipinski definition) is 8. The second-order valence-corrected chi connectivity index (χ2v) is 8.15. The minimum absolute atomic E-state index is 0.103. The van der Waals surface area contributed by atoms with Crippen LogP contribution >= 0.6 is 15.9 Å². The van der Waals surface area contributed by atoms with Crippen LogP contribution in [0.1, 0.15) is 10.5 Å². The van der Waals surface area contributed by atoms with E-state index in [1.54, 1.807) is 30.5 Å². The second-order valence-electron chi connectivity index (χ2n) is 7.30. The molecule has 0 bridgehead atoms. The largest absolute Gasteiger partial charge is 0.486 e. The summed E-state index contributed by atoms with van der Waals surface area (Å²) in [6.07, 6.45) is 1.16. The summed E-state index contributed by atoms with van der Waals surface area (Å²) in [6.45, 7) is 0.132. The smallest absolute Gasteiger partial charge is 0.355 e. The number of rotatable bonds is 5. The lowest BCUT2D eigenvalue weighted by Gasteiger charge is -2.25. The highest BCUT2D eigenvalue weighted by Crippen LogP contribution is 2.35. The molecule has 10 heteroatoms. The van der Waals surface area contributed by atoms with Crippen LogP contribution in [-0.2, 0) is 0 Å². The van der Waals surface area contributed by atoms with Gasteiger partial charge in [0.15, 0.2) is 28.9 Å². The molecule has 33 heavy (non-hydrogen) atoms. The molecular formula is C23H17BrN4O5. The van der Waals surface area contributed by atoms with Crippen molar-refractivity contribution < 1.29 is 24.5 Å². The fraction of sp³-hybridized carbons (Fsp3) is 0.130. The summed E-state index contributed by atoms with van der Waals surface area (Å²) < 4.78 is 12.0. The number of carboxylic acids is 1. The Morgan fingerprint density at radius 3 is 2.76 bits per heavy atom. The molecule has 4 aromatic rings. The van der Waals surface area contributed by atoms with Gasteiger partial charge >= 0.3 is 5.97 Å². The number of aromatic nitrogens is 3. The van der Waals surface area contributed by atoms with Crippen molar-refractivity contribution in [3.8, 4) is 22.6 Å². The molecule has 1 aliphatic rings. The molecule has 5 rings (SSSR count). The van der Waals surface area contributed by atoms with Crippen molar-refractivity contribution in [2.24, 2.45) is 0 Å². The molecule has 9 nitrogen and oxygen atoms in total. The number of hydrogen-bond donors (Lipinski definition) is 3. The average molecular weight is 509 g/mol.